The van der Waals surface area contributed by atoms with E-state index in [-0.39, 0.29) is 0 Å². The molecule has 0 aliphatic rings. The van der Waals surface area contributed by atoms with E-state index in [1.165, 1.54) is 11.3 Å². The molecule has 0 unspecified atom stereocenters. The number of nitrogens with zero attached hydrogens (tertiary/aromatic N) is 5. The fourth-order valence-electron chi connectivity index (χ4n) is 2.69. The van der Waals surface area contributed by atoms with Crippen LogP contribution >= 0.6 is 11.6 Å². The zero-order chi connectivity index (χ0) is 15.0. The molecule has 0 spiro atoms. The van der Waals surface area contributed by atoms with Gasteiger partial charge in [0.25, 0.3) is 0 Å². The van der Waals surface area contributed by atoms with Crippen LogP contribution in [-0.2, 0) is 20.0 Å². The second-order valence-corrected chi connectivity index (χ2v) is 5.57. The van der Waals surface area contributed by atoms with E-state index in [0.717, 1.165) is 35.5 Å². The van der Waals surface area contributed by atoms with Crippen molar-refractivity contribution in [3.63, 3.8) is 0 Å². The molecule has 6 heteroatoms. The molecule has 5 nitrogen and oxygen atoms in total. The summed E-state index contributed by atoms with van der Waals surface area (Å²) in [6.45, 7) is 4.90. The van der Waals surface area contributed by atoms with Crippen molar-refractivity contribution in [2.45, 2.75) is 26.8 Å². The molecule has 0 saturated heterocycles. The lowest BCUT2D eigenvalue weighted by Crippen LogP contribution is -2.07. The van der Waals surface area contributed by atoms with Crippen LogP contribution in [0.2, 0.25) is 0 Å². The Labute approximate surface area is 128 Å². The van der Waals surface area contributed by atoms with Gasteiger partial charge in [-0.25, -0.2) is 4.98 Å². The number of imidazole rings is 1. The third kappa shape index (κ3) is 2.42. The van der Waals surface area contributed by atoms with Gasteiger partial charge in [-0.05, 0) is 19.9 Å². The predicted octanol–water partition coefficient (Wildman–Crippen LogP) is 2.61. The average Bonchev–Trinajstić information content (AvgIpc) is 2.92. The second-order valence-electron chi connectivity index (χ2n) is 5.19. The van der Waals surface area contributed by atoms with Crippen molar-refractivity contribution in [3.8, 4) is 0 Å². The molecule has 3 heterocycles. The molecule has 0 radical (unpaired) electrons. The Balaban J connectivity index is 2.12. The molecule has 3 aromatic heterocycles. The summed E-state index contributed by atoms with van der Waals surface area (Å²) in [6.07, 6.45) is 4.34. The van der Waals surface area contributed by atoms with E-state index in [9.17, 15) is 0 Å². The SMILES string of the molecule is Cc1nn(C)c(C)c1Cn1c(CCCl)nc2cnccc21. The average molecular weight is 304 g/mol. The van der Waals surface area contributed by atoms with E-state index in [0.29, 0.717) is 5.88 Å². The number of aromatic nitrogens is 5. The highest BCUT2D eigenvalue weighted by Crippen LogP contribution is 2.20. The Bertz CT molecular complexity index is 787. The molecular weight excluding hydrogens is 286 g/mol. The first-order chi connectivity index (χ1) is 10.1. The summed E-state index contributed by atoms with van der Waals surface area (Å²) < 4.78 is 4.14. The van der Waals surface area contributed by atoms with Crippen molar-refractivity contribution in [2.75, 3.05) is 5.88 Å². The van der Waals surface area contributed by atoms with Crippen molar-refractivity contribution in [3.05, 3.63) is 41.2 Å². The molecule has 0 N–H and O–H groups in total. The van der Waals surface area contributed by atoms with Gasteiger partial charge in [0.2, 0.25) is 0 Å². The fourth-order valence-corrected chi connectivity index (χ4v) is 2.86. The van der Waals surface area contributed by atoms with Gasteiger partial charge in [-0.1, -0.05) is 0 Å². The summed E-state index contributed by atoms with van der Waals surface area (Å²) in [7, 11) is 1.97. The van der Waals surface area contributed by atoms with E-state index in [4.69, 9.17) is 11.6 Å². The lowest BCUT2D eigenvalue weighted by atomic mass is 10.2. The first-order valence-corrected chi connectivity index (χ1v) is 7.49. The van der Waals surface area contributed by atoms with Crippen LogP contribution in [0.5, 0.6) is 0 Å². The molecule has 0 fully saturated rings. The highest BCUT2D eigenvalue weighted by molar-refractivity contribution is 6.17. The highest BCUT2D eigenvalue weighted by Gasteiger charge is 2.15. The van der Waals surface area contributed by atoms with Crippen LogP contribution in [0.4, 0.5) is 0 Å². The Morgan fingerprint density at radius 2 is 2.10 bits per heavy atom. The largest absolute Gasteiger partial charge is 0.323 e. The van der Waals surface area contributed by atoms with Gasteiger partial charge in [0.1, 0.15) is 11.3 Å². The molecule has 0 saturated carbocycles. The lowest BCUT2D eigenvalue weighted by molar-refractivity contribution is 0.722. The maximum absolute atomic E-state index is 5.92. The molecule has 0 aromatic carbocycles. The van der Waals surface area contributed by atoms with E-state index >= 15 is 0 Å². The van der Waals surface area contributed by atoms with Gasteiger partial charge in [-0.15, -0.1) is 11.6 Å². The summed E-state index contributed by atoms with van der Waals surface area (Å²) in [4.78, 5) is 8.80. The zero-order valence-corrected chi connectivity index (χ0v) is 13.2. The van der Waals surface area contributed by atoms with Gasteiger partial charge in [-0.3, -0.25) is 9.67 Å². The number of alkyl halides is 1. The smallest absolute Gasteiger partial charge is 0.111 e. The van der Waals surface area contributed by atoms with E-state index < -0.39 is 0 Å². The number of aryl methyl sites for hydroxylation is 3. The van der Waals surface area contributed by atoms with Gasteiger partial charge in [0.05, 0.1) is 24.0 Å². The van der Waals surface area contributed by atoms with Gasteiger partial charge >= 0.3 is 0 Å². The van der Waals surface area contributed by atoms with Crippen LogP contribution in [0.25, 0.3) is 11.0 Å². The summed E-state index contributed by atoms with van der Waals surface area (Å²) in [5, 5.41) is 4.49. The zero-order valence-electron chi connectivity index (χ0n) is 12.5. The molecule has 0 aliphatic carbocycles. The van der Waals surface area contributed by atoms with E-state index in [1.807, 2.05) is 24.7 Å². The Hall–Kier alpha value is -1.88. The van der Waals surface area contributed by atoms with Crippen LogP contribution in [0.3, 0.4) is 0 Å². The molecule has 0 aliphatic heterocycles. The Morgan fingerprint density at radius 1 is 1.29 bits per heavy atom. The van der Waals surface area contributed by atoms with E-state index in [2.05, 4.69) is 26.6 Å². The van der Waals surface area contributed by atoms with Crippen molar-refractivity contribution in [1.29, 1.82) is 0 Å². The number of halogens is 1. The predicted molar refractivity (Wildman–Crippen MR) is 83.7 cm³/mol. The highest BCUT2D eigenvalue weighted by atomic mass is 35.5. The van der Waals surface area contributed by atoms with Gasteiger partial charge in [0, 0.05) is 36.8 Å². The lowest BCUT2D eigenvalue weighted by Gasteiger charge is -2.09. The fraction of sp³-hybridized carbons (Fsp3) is 0.400. The second kappa shape index (κ2) is 5.48. The van der Waals surface area contributed by atoms with Crippen LogP contribution in [0.15, 0.2) is 18.5 Å². The Kier molecular flexibility index (Phi) is 3.68. The number of hydrogen-bond donors (Lipinski definition) is 0. The first-order valence-electron chi connectivity index (χ1n) is 6.96. The molecular formula is C15H18ClN5. The van der Waals surface area contributed by atoms with Crippen LogP contribution < -0.4 is 0 Å². The van der Waals surface area contributed by atoms with Gasteiger partial charge in [-0.2, -0.15) is 5.10 Å². The number of rotatable bonds is 4. The topological polar surface area (TPSA) is 48.5 Å². The number of hydrogen-bond acceptors (Lipinski definition) is 3. The molecule has 21 heavy (non-hydrogen) atoms. The quantitative estimate of drug-likeness (QED) is 0.696. The van der Waals surface area contributed by atoms with Crippen LogP contribution in [0, 0.1) is 13.8 Å². The van der Waals surface area contributed by atoms with Gasteiger partial charge in [0.15, 0.2) is 0 Å². The van der Waals surface area contributed by atoms with Crippen molar-refractivity contribution in [1.82, 2.24) is 24.3 Å². The monoisotopic (exact) mass is 303 g/mol. The molecule has 3 rings (SSSR count). The van der Waals surface area contributed by atoms with Crippen LogP contribution in [-0.4, -0.2) is 30.2 Å². The molecule has 110 valence electrons. The summed E-state index contributed by atoms with van der Waals surface area (Å²) >= 11 is 5.92. The summed E-state index contributed by atoms with van der Waals surface area (Å²) in [5.74, 6) is 1.55. The van der Waals surface area contributed by atoms with Crippen molar-refractivity contribution >= 4 is 22.6 Å². The van der Waals surface area contributed by atoms with Gasteiger partial charge < -0.3 is 4.57 Å². The minimum Gasteiger partial charge on any atom is -0.323 e. The summed E-state index contributed by atoms with van der Waals surface area (Å²) in [5.41, 5.74) is 5.48. The summed E-state index contributed by atoms with van der Waals surface area (Å²) in [6, 6.07) is 2.00. The Morgan fingerprint density at radius 3 is 2.76 bits per heavy atom. The maximum Gasteiger partial charge on any atom is 0.111 e. The van der Waals surface area contributed by atoms with Crippen LogP contribution in [0.1, 0.15) is 22.8 Å². The number of fused-ring (bicyclic) bond motifs is 1. The number of pyridine rings is 1. The normalized spacial score (nSPS) is 11.4. The van der Waals surface area contributed by atoms with E-state index in [1.54, 1.807) is 12.4 Å². The third-order valence-electron chi connectivity index (χ3n) is 3.92. The van der Waals surface area contributed by atoms with Crippen molar-refractivity contribution in [2.24, 2.45) is 7.05 Å². The maximum atomic E-state index is 5.92. The van der Waals surface area contributed by atoms with Crippen molar-refractivity contribution < 1.29 is 0 Å². The molecule has 0 bridgehead atoms. The molecule has 0 amide bonds. The minimum absolute atomic E-state index is 0.557. The molecule has 3 aromatic rings. The third-order valence-corrected chi connectivity index (χ3v) is 4.11. The minimum atomic E-state index is 0.557. The standard InChI is InChI=1S/C15H18ClN5/c1-10-12(11(2)20(3)19-10)9-21-14-5-7-17-8-13(14)18-15(21)4-6-16/h5,7-8H,4,6,9H2,1-3H3. The molecule has 0 atom stereocenters. The first kappa shape index (κ1) is 14.1.